The minimum Gasteiger partial charge on any atom is -0.493 e. The van der Waals surface area contributed by atoms with Crippen LogP contribution in [0, 0.1) is 0 Å². The minimum absolute atomic E-state index is 0.0171. The molecular formula is C33H41N3O5. The van der Waals surface area contributed by atoms with E-state index >= 15 is 0 Å². The molecule has 2 N–H and O–H groups in total. The molecule has 0 unspecified atom stereocenters. The topological polar surface area (TPSA) is 114 Å². The molecule has 0 bridgehead atoms. The summed E-state index contributed by atoms with van der Waals surface area (Å²) in [4.78, 5) is 51.2. The van der Waals surface area contributed by atoms with Gasteiger partial charge in [0.2, 0.25) is 0 Å². The summed E-state index contributed by atoms with van der Waals surface area (Å²) in [6.45, 7) is 12.3. The van der Waals surface area contributed by atoms with Gasteiger partial charge in [-0.05, 0) is 55.5 Å². The van der Waals surface area contributed by atoms with Crippen LogP contribution in [0.2, 0.25) is 0 Å². The molecule has 0 saturated heterocycles. The van der Waals surface area contributed by atoms with Crippen LogP contribution in [0.25, 0.3) is 0 Å². The molecule has 1 heterocycles. The van der Waals surface area contributed by atoms with Gasteiger partial charge in [0.15, 0.2) is 5.78 Å². The van der Waals surface area contributed by atoms with Gasteiger partial charge in [-0.2, -0.15) is 0 Å². The Kier molecular flexibility index (Phi) is 13.9. The second-order valence-corrected chi connectivity index (χ2v) is 9.64. The summed E-state index contributed by atoms with van der Waals surface area (Å²) in [5.41, 5.74) is 3.74. The van der Waals surface area contributed by atoms with Crippen molar-refractivity contribution < 1.29 is 23.9 Å². The number of ketones is 2. The third-order valence-electron chi connectivity index (χ3n) is 6.18. The number of amides is 2. The van der Waals surface area contributed by atoms with Crippen molar-refractivity contribution in [2.75, 3.05) is 6.61 Å². The van der Waals surface area contributed by atoms with Crippen molar-refractivity contribution in [2.24, 2.45) is 4.99 Å². The summed E-state index contributed by atoms with van der Waals surface area (Å²) in [5.74, 6) is 0.462. The van der Waals surface area contributed by atoms with E-state index in [-0.39, 0.29) is 23.6 Å². The number of rotatable bonds is 13. The first-order chi connectivity index (χ1) is 19.7. The number of aliphatic imine (C=N–C) groups is 1. The van der Waals surface area contributed by atoms with Crippen LogP contribution in [0.1, 0.15) is 80.4 Å². The van der Waals surface area contributed by atoms with E-state index in [1.54, 1.807) is 31.2 Å². The zero-order valence-corrected chi connectivity index (χ0v) is 24.5. The first-order valence-electron chi connectivity index (χ1n) is 14.0. The largest absolute Gasteiger partial charge is 0.493 e. The monoisotopic (exact) mass is 559 g/mol. The van der Waals surface area contributed by atoms with Crippen LogP contribution in [0.5, 0.6) is 5.75 Å². The molecule has 1 aliphatic rings. The zero-order valence-electron chi connectivity index (χ0n) is 24.5. The maximum Gasteiger partial charge on any atom is 0.270 e. The van der Waals surface area contributed by atoms with Gasteiger partial charge < -0.3 is 15.4 Å². The Balaban J connectivity index is 0.000000642. The SMILES string of the molecule is C=C(/C=C(\N=CC)C(=O)NCc1ccc2c(c1)CCO2)C(=O)NCc1ccc(C(C)=O)cc1.CCCC(=O)CCC. The van der Waals surface area contributed by atoms with Crippen molar-refractivity contribution in [3.05, 3.63) is 88.6 Å². The number of benzene rings is 2. The van der Waals surface area contributed by atoms with Crippen LogP contribution >= 0.6 is 0 Å². The standard InChI is InChI=1S/C26H27N3O4.C7H14O/c1-4-27-23(26(32)29-16-20-7-10-24-22(14-20)11-12-33-24)13-17(2)25(31)28-15-19-5-8-21(9-6-19)18(3)30;1-3-5-7(8)6-4-2/h4-10,13-14H,2,11-12,15-16H2,1,3H3,(H,28,31)(H,29,32);3-6H2,1-2H3/b23-13-,27-4?;. The highest BCUT2D eigenvalue weighted by atomic mass is 16.5. The average Bonchev–Trinajstić information content (AvgIpc) is 3.43. The van der Waals surface area contributed by atoms with Crippen LogP contribution in [0.3, 0.4) is 0 Å². The zero-order chi connectivity index (χ0) is 30.2. The van der Waals surface area contributed by atoms with E-state index in [1.165, 1.54) is 19.2 Å². The fourth-order valence-corrected chi connectivity index (χ4v) is 3.99. The van der Waals surface area contributed by atoms with Crippen molar-refractivity contribution in [3.8, 4) is 5.75 Å². The van der Waals surface area contributed by atoms with Gasteiger partial charge in [-0.25, -0.2) is 0 Å². The minimum atomic E-state index is -0.416. The van der Waals surface area contributed by atoms with Crippen molar-refractivity contribution in [3.63, 3.8) is 0 Å². The summed E-state index contributed by atoms with van der Waals surface area (Å²) in [5, 5.41) is 5.58. The Hall–Kier alpha value is -4.33. The lowest BCUT2D eigenvalue weighted by atomic mass is 10.1. The molecule has 1 aliphatic heterocycles. The highest BCUT2D eigenvalue weighted by molar-refractivity contribution is 6.00. The van der Waals surface area contributed by atoms with Gasteiger partial charge in [0.1, 0.15) is 17.2 Å². The molecule has 0 saturated carbocycles. The van der Waals surface area contributed by atoms with E-state index in [4.69, 9.17) is 4.74 Å². The van der Waals surface area contributed by atoms with Crippen LogP contribution in [0.4, 0.5) is 0 Å². The molecule has 2 aromatic rings. The second-order valence-electron chi connectivity index (χ2n) is 9.64. The van der Waals surface area contributed by atoms with Crippen LogP contribution < -0.4 is 15.4 Å². The second kappa shape index (κ2) is 17.4. The van der Waals surface area contributed by atoms with E-state index < -0.39 is 11.8 Å². The summed E-state index contributed by atoms with van der Waals surface area (Å²) < 4.78 is 5.50. The molecule has 8 heteroatoms. The van der Waals surface area contributed by atoms with Crippen molar-refractivity contribution >= 4 is 29.6 Å². The third-order valence-corrected chi connectivity index (χ3v) is 6.18. The maximum atomic E-state index is 12.6. The van der Waals surface area contributed by atoms with Gasteiger partial charge in [0, 0.05) is 49.7 Å². The van der Waals surface area contributed by atoms with Crippen molar-refractivity contribution in [2.45, 2.75) is 72.9 Å². The molecule has 8 nitrogen and oxygen atoms in total. The van der Waals surface area contributed by atoms with Gasteiger partial charge in [0.05, 0.1) is 6.61 Å². The molecule has 0 aliphatic carbocycles. The molecular weight excluding hydrogens is 518 g/mol. The van der Waals surface area contributed by atoms with Gasteiger partial charge in [-0.3, -0.25) is 24.2 Å². The Bertz CT molecular complexity index is 1280. The van der Waals surface area contributed by atoms with E-state index in [1.807, 2.05) is 32.0 Å². The third kappa shape index (κ3) is 11.4. The van der Waals surface area contributed by atoms with Crippen molar-refractivity contribution in [1.29, 1.82) is 0 Å². The van der Waals surface area contributed by atoms with E-state index in [0.29, 0.717) is 24.5 Å². The Labute approximate surface area is 243 Å². The maximum absolute atomic E-state index is 12.6. The molecule has 3 rings (SSSR count). The lowest BCUT2D eigenvalue weighted by Gasteiger charge is -2.09. The normalized spacial score (nSPS) is 12.0. The molecule has 2 amide bonds. The fourth-order valence-electron chi connectivity index (χ4n) is 3.99. The average molecular weight is 560 g/mol. The Morgan fingerprint density at radius 3 is 2.15 bits per heavy atom. The summed E-state index contributed by atoms with van der Waals surface area (Å²) in [6.07, 6.45) is 7.25. The number of Topliss-reactive ketones (excluding diaryl/α,β-unsaturated/α-hetero) is 2. The first kappa shape index (κ1) is 32.9. The highest BCUT2D eigenvalue weighted by Gasteiger charge is 2.14. The van der Waals surface area contributed by atoms with Gasteiger partial charge in [-0.1, -0.05) is 56.8 Å². The predicted molar refractivity (Wildman–Crippen MR) is 162 cm³/mol. The van der Waals surface area contributed by atoms with Gasteiger partial charge in [-0.15, -0.1) is 0 Å². The quantitative estimate of drug-likeness (QED) is 0.147. The first-order valence-corrected chi connectivity index (χ1v) is 14.0. The van der Waals surface area contributed by atoms with E-state index in [2.05, 4.69) is 22.2 Å². The molecule has 0 spiro atoms. The van der Waals surface area contributed by atoms with Gasteiger partial charge in [0.25, 0.3) is 11.8 Å². The highest BCUT2D eigenvalue weighted by Crippen LogP contribution is 2.25. The number of nitrogens with one attached hydrogen (secondary N) is 2. The summed E-state index contributed by atoms with van der Waals surface area (Å²) in [6, 6.07) is 12.8. The number of ether oxygens (including phenoxy) is 1. The Morgan fingerprint density at radius 2 is 1.54 bits per heavy atom. The number of fused-ring (bicyclic) bond motifs is 1. The number of hydrogen-bond donors (Lipinski definition) is 2. The van der Waals surface area contributed by atoms with Crippen LogP contribution in [0.15, 0.2) is 71.4 Å². The molecule has 0 atom stereocenters. The van der Waals surface area contributed by atoms with E-state index in [0.717, 1.165) is 54.5 Å². The fraction of sp³-hybridized carbons (Fsp3) is 0.364. The van der Waals surface area contributed by atoms with Crippen LogP contribution in [-0.4, -0.2) is 36.2 Å². The summed E-state index contributed by atoms with van der Waals surface area (Å²) in [7, 11) is 0. The number of carbonyl (C=O) groups excluding carboxylic acids is 4. The van der Waals surface area contributed by atoms with E-state index in [9.17, 15) is 19.2 Å². The lowest BCUT2D eigenvalue weighted by Crippen LogP contribution is -2.26. The molecule has 0 fully saturated rings. The Morgan fingerprint density at radius 1 is 0.927 bits per heavy atom. The molecule has 41 heavy (non-hydrogen) atoms. The molecule has 0 radical (unpaired) electrons. The smallest absolute Gasteiger partial charge is 0.270 e. The molecule has 0 aromatic heterocycles. The van der Waals surface area contributed by atoms with Crippen molar-refractivity contribution in [1.82, 2.24) is 10.6 Å². The number of nitrogens with zero attached hydrogens (tertiary/aromatic N) is 1. The molecule has 218 valence electrons. The van der Waals surface area contributed by atoms with Gasteiger partial charge >= 0.3 is 0 Å². The lowest BCUT2D eigenvalue weighted by molar-refractivity contribution is -0.119. The van der Waals surface area contributed by atoms with Crippen LogP contribution in [-0.2, 0) is 33.9 Å². The number of carbonyl (C=O) groups is 4. The molecule has 2 aromatic carbocycles. The predicted octanol–water partition coefficient (Wildman–Crippen LogP) is 5.44. The summed E-state index contributed by atoms with van der Waals surface area (Å²) >= 11 is 0. The number of hydrogen-bond acceptors (Lipinski definition) is 6.